The summed E-state index contributed by atoms with van der Waals surface area (Å²) in [4.78, 5) is 26.2. The normalized spacial score (nSPS) is 42.2. The Balaban J connectivity index is 0.583. The lowest BCUT2D eigenvalue weighted by Crippen LogP contribution is -2.36. The predicted molar refractivity (Wildman–Crippen MR) is 201 cm³/mol. The van der Waals surface area contributed by atoms with E-state index in [9.17, 15) is 9.59 Å². The Morgan fingerprint density at radius 1 is 0.617 bits per heavy atom. The van der Waals surface area contributed by atoms with Crippen LogP contribution in [0.3, 0.4) is 0 Å². The summed E-state index contributed by atoms with van der Waals surface area (Å²) >= 11 is 0. The number of ether oxygens (including phenoxy) is 6. The number of benzene rings is 4. The highest BCUT2D eigenvalue weighted by molar-refractivity contribution is 5.92. The summed E-state index contributed by atoms with van der Waals surface area (Å²) in [6.07, 6.45) is -2.39. The van der Waals surface area contributed by atoms with Crippen molar-refractivity contribution in [2.75, 3.05) is 19.8 Å². The zero-order valence-electron chi connectivity index (χ0n) is 32.2. The molecule has 10 fully saturated rings. The standard InChI is InChI=1S/C48H38F4O8/c1-18-36-37(18)48(36)40-41(48)44(40)58-24-8-4-20(5-9-24)22-12-30(51)35(31(52)13-22)46(54)60-33-17-57-42-32(16-56-43(33)42)59-45(53)34-28(49)10-21(11-29(34)50)19-2-6-23(7-3-19)55-15-25-38-39(25)47(38)26-14-27(26)47/h2-13,18,25-27,32-33,36-44H,14-17H2,1H3/t18?,25?,26?,27?,32-,33+,36?,37?,38?,39?,40?,41?,42-,43-,44?,47?,48?/m0/s1. The van der Waals surface area contributed by atoms with E-state index < -0.39 is 70.8 Å². The summed E-state index contributed by atoms with van der Waals surface area (Å²) in [5.74, 6) is 3.07. The minimum Gasteiger partial charge on any atom is -0.493 e. The van der Waals surface area contributed by atoms with Crippen LogP contribution in [0.1, 0.15) is 34.1 Å². The second kappa shape index (κ2) is 11.3. The van der Waals surface area contributed by atoms with Crippen LogP contribution in [0.15, 0.2) is 72.8 Å². The van der Waals surface area contributed by atoms with E-state index in [4.69, 9.17) is 28.4 Å². The van der Waals surface area contributed by atoms with Gasteiger partial charge in [0.05, 0.1) is 19.8 Å². The quantitative estimate of drug-likeness (QED) is 0.112. The fraction of sp³-hybridized carbons (Fsp3) is 0.458. The lowest BCUT2D eigenvalue weighted by molar-refractivity contribution is -0.0293. The predicted octanol–water partition coefficient (Wildman–Crippen LogP) is 7.91. The summed E-state index contributed by atoms with van der Waals surface area (Å²) in [6, 6.07) is 18.3. The zero-order valence-corrected chi connectivity index (χ0v) is 32.2. The maximum absolute atomic E-state index is 15.4. The van der Waals surface area contributed by atoms with E-state index >= 15 is 17.6 Å². The SMILES string of the molecule is CC1C2C1C21C2C(Oc3ccc(-c4cc(F)c(C(=O)O[C@@H]5CO[C@@H]6[C@H]5OC[C@@H]6OC(=O)c5c(F)cc(-c6ccc(OCC7C8C7C87C8CC87)cc6)cc5F)c(F)c4)cc3)C21. The molecule has 12 atom stereocenters. The van der Waals surface area contributed by atoms with Gasteiger partial charge in [0.1, 0.15) is 64.2 Å². The minimum atomic E-state index is -1.26. The molecule has 4 aromatic carbocycles. The highest BCUT2D eigenvalue weighted by atomic mass is 19.1. The lowest BCUT2D eigenvalue weighted by atomic mass is 9.93. The van der Waals surface area contributed by atoms with Crippen molar-refractivity contribution in [3.05, 3.63) is 107 Å². The molecule has 12 heteroatoms. The Morgan fingerprint density at radius 2 is 1.08 bits per heavy atom. The Kier molecular flexibility index (Phi) is 6.54. The zero-order chi connectivity index (χ0) is 40.3. The Morgan fingerprint density at radius 3 is 1.52 bits per heavy atom. The van der Waals surface area contributed by atoms with E-state index in [0.29, 0.717) is 46.7 Å². The number of hydrogen-bond donors (Lipinski definition) is 0. The van der Waals surface area contributed by atoms with Gasteiger partial charge in [0, 0.05) is 17.8 Å². The van der Waals surface area contributed by atoms with Gasteiger partial charge in [-0.1, -0.05) is 31.2 Å². The summed E-state index contributed by atoms with van der Waals surface area (Å²) < 4.78 is 95.9. The largest absolute Gasteiger partial charge is 0.493 e. The number of fused-ring (bicyclic) bond motifs is 13. The van der Waals surface area contributed by atoms with Crippen molar-refractivity contribution >= 4 is 11.9 Å². The average Bonchev–Trinajstić information content (AvgIpc) is 3.99. The van der Waals surface area contributed by atoms with Crippen LogP contribution in [0, 0.1) is 93.3 Å². The van der Waals surface area contributed by atoms with Gasteiger partial charge in [-0.3, -0.25) is 0 Å². The molecule has 8 aliphatic carbocycles. The molecule has 0 bridgehead atoms. The molecule has 14 rings (SSSR count). The minimum absolute atomic E-state index is 0.223. The summed E-state index contributed by atoms with van der Waals surface area (Å²) in [5.41, 5.74) is 1.19. The first-order chi connectivity index (χ1) is 29.1. The molecule has 10 aliphatic rings. The van der Waals surface area contributed by atoms with E-state index in [1.165, 1.54) is 6.42 Å². The first-order valence-corrected chi connectivity index (χ1v) is 21.2. The van der Waals surface area contributed by atoms with Crippen LogP contribution in [0.25, 0.3) is 22.3 Å². The van der Waals surface area contributed by atoms with Crippen molar-refractivity contribution in [1.29, 1.82) is 0 Å². The summed E-state index contributed by atoms with van der Waals surface area (Å²) in [6.45, 7) is 2.57. The van der Waals surface area contributed by atoms with Gasteiger partial charge in [-0.05, 0) is 129 Å². The van der Waals surface area contributed by atoms with E-state index in [1.54, 1.807) is 48.5 Å². The van der Waals surface area contributed by atoms with Gasteiger partial charge in [-0.15, -0.1) is 0 Å². The van der Waals surface area contributed by atoms with Crippen molar-refractivity contribution in [2.45, 2.75) is 43.9 Å². The molecule has 306 valence electrons. The summed E-state index contributed by atoms with van der Waals surface area (Å²) in [5, 5.41) is 0. The fourth-order valence-electron chi connectivity index (χ4n) is 13.4. The number of hydrogen-bond acceptors (Lipinski definition) is 8. The van der Waals surface area contributed by atoms with Gasteiger partial charge >= 0.3 is 11.9 Å². The molecule has 0 aromatic heterocycles. The molecule has 2 aliphatic heterocycles. The first-order valence-electron chi connectivity index (χ1n) is 21.2. The Bertz CT molecular complexity index is 2510. The highest BCUT2D eigenvalue weighted by Crippen LogP contribution is 3.05. The Hall–Kier alpha value is -4.94. The number of esters is 2. The van der Waals surface area contributed by atoms with Gasteiger partial charge in [-0.25, -0.2) is 27.2 Å². The van der Waals surface area contributed by atoms with Gasteiger partial charge in [-0.2, -0.15) is 0 Å². The van der Waals surface area contributed by atoms with Crippen molar-refractivity contribution < 1.29 is 55.6 Å². The molecule has 60 heavy (non-hydrogen) atoms. The fourth-order valence-corrected chi connectivity index (χ4v) is 13.4. The van der Waals surface area contributed by atoms with Crippen LogP contribution >= 0.6 is 0 Å². The maximum Gasteiger partial charge on any atom is 0.344 e. The molecule has 0 radical (unpaired) electrons. The van der Waals surface area contributed by atoms with Crippen molar-refractivity contribution in [1.82, 2.24) is 0 Å². The molecule has 8 unspecified atom stereocenters. The molecular weight excluding hydrogens is 781 g/mol. The van der Waals surface area contributed by atoms with Crippen LogP contribution in [0.5, 0.6) is 11.5 Å². The van der Waals surface area contributed by atoms with E-state index in [0.717, 1.165) is 76.9 Å². The van der Waals surface area contributed by atoms with Crippen molar-refractivity contribution in [3.63, 3.8) is 0 Å². The van der Waals surface area contributed by atoms with Crippen LogP contribution in [-0.2, 0) is 18.9 Å². The van der Waals surface area contributed by atoms with Crippen LogP contribution in [0.4, 0.5) is 17.6 Å². The summed E-state index contributed by atoms with van der Waals surface area (Å²) in [7, 11) is 0. The molecule has 2 heterocycles. The number of halogens is 4. The third kappa shape index (κ3) is 4.54. The van der Waals surface area contributed by atoms with Crippen molar-refractivity contribution in [2.24, 2.45) is 70.0 Å². The molecule has 8 nitrogen and oxygen atoms in total. The van der Waals surface area contributed by atoms with Crippen LogP contribution in [0.2, 0.25) is 0 Å². The number of carbonyl (C=O) groups is 2. The van der Waals surface area contributed by atoms with E-state index in [1.807, 2.05) is 0 Å². The van der Waals surface area contributed by atoms with Gasteiger partial charge in [0.2, 0.25) is 0 Å². The monoisotopic (exact) mass is 818 g/mol. The molecule has 4 aromatic rings. The first kappa shape index (κ1) is 34.7. The average molecular weight is 819 g/mol. The number of carbonyl (C=O) groups excluding carboxylic acids is 2. The molecular formula is C48H38F4O8. The maximum atomic E-state index is 15.4. The molecule has 2 spiro atoms. The van der Waals surface area contributed by atoms with E-state index in [-0.39, 0.29) is 30.4 Å². The van der Waals surface area contributed by atoms with Crippen molar-refractivity contribution in [3.8, 4) is 33.8 Å². The second-order valence-corrected chi connectivity index (χ2v) is 19.2. The highest BCUT2D eigenvalue weighted by Gasteiger charge is 3.05. The number of rotatable bonds is 11. The molecule has 8 saturated carbocycles. The smallest absolute Gasteiger partial charge is 0.344 e. The van der Waals surface area contributed by atoms with Gasteiger partial charge in [0.15, 0.2) is 12.2 Å². The third-order valence-electron chi connectivity index (χ3n) is 16.7. The van der Waals surface area contributed by atoms with Gasteiger partial charge < -0.3 is 28.4 Å². The van der Waals surface area contributed by atoms with Crippen LogP contribution in [-0.4, -0.2) is 62.3 Å². The van der Waals surface area contributed by atoms with Gasteiger partial charge in [0.25, 0.3) is 0 Å². The second-order valence-electron chi connectivity index (χ2n) is 19.2. The molecule has 0 amide bonds. The lowest BCUT2D eigenvalue weighted by Gasteiger charge is -2.19. The topological polar surface area (TPSA) is 89.5 Å². The van der Waals surface area contributed by atoms with Crippen LogP contribution < -0.4 is 9.47 Å². The van der Waals surface area contributed by atoms with E-state index in [2.05, 4.69) is 6.92 Å². The molecule has 0 N–H and O–H groups in total. The third-order valence-corrected chi connectivity index (χ3v) is 16.7. The molecule has 2 saturated heterocycles. The Labute approximate surface area is 341 Å².